The Labute approximate surface area is 166 Å². The fourth-order valence-corrected chi connectivity index (χ4v) is 3.95. The Bertz CT molecular complexity index is 1110. The number of hydrogen-bond donors (Lipinski definition) is 1. The average molecular weight is 449 g/mol. The third kappa shape index (κ3) is 2.81. The molecular formula is C21H13BrF4N2. The van der Waals surface area contributed by atoms with Crippen LogP contribution in [-0.2, 0) is 11.7 Å². The fourth-order valence-electron chi connectivity index (χ4n) is 3.57. The van der Waals surface area contributed by atoms with Gasteiger partial charge in [-0.1, -0.05) is 42.5 Å². The lowest BCUT2D eigenvalue weighted by atomic mass is 9.77. The molecule has 28 heavy (non-hydrogen) atoms. The van der Waals surface area contributed by atoms with Crippen LogP contribution >= 0.6 is 15.9 Å². The van der Waals surface area contributed by atoms with Crippen LogP contribution in [-0.4, -0.2) is 5.84 Å². The number of alkyl halides is 3. The molecule has 0 aromatic heterocycles. The van der Waals surface area contributed by atoms with E-state index in [1.165, 1.54) is 24.3 Å². The first-order chi connectivity index (χ1) is 13.2. The van der Waals surface area contributed by atoms with Gasteiger partial charge in [0.1, 0.15) is 17.2 Å². The van der Waals surface area contributed by atoms with Gasteiger partial charge in [-0.05, 0) is 56.9 Å². The molecule has 4 rings (SSSR count). The molecule has 0 bridgehead atoms. The van der Waals surface area contributed by atoms with E-state index >= 15 is 0 Å². The Morgan fingerprint density at radius 1 is 0.893 bits per heavy atom. The molecule has 7 heteroatoms. The van der Waals surface area contributed by atoms with E-state index < -0.39 is 23.1 Å². The van der Waals surface area contributed by atoms with Crippen molar-refractivity contribution in [2.24, 2.45) is 10.7 Å². The summed E-state index contributed by atoms with van der Waals surface area (Å²) in [5.74, 6) is -0.264. The van der Waals surface area contributed by atoms with Crippen molar-refractivity contribution >= 4 is 21.8 Å². The maximum Gasteiger partial charge on any atom is 0.416 e. The van der Waals surface area contributed by atoms with Gasteiger partial charge < -0.3 is 5.73 Å². The van der Waals surface area contributed by atoms with Gasteiger partial charge in [0.25, 0.3) is 0 Å². The summed E-state index contributed by atoms with van der Waals surface area (Å²) in [4.78, 5) is 4.61. The van der Waals surface area contributed by atoms with E-state index in [2.05, 4.69) is 20.9 Å². The average Bonchev–Trinajstić information content (AvgIpc) is 2.97. The molecule has 3 aromatic rings. The first-order valence-corrected chi connectivity index (χ1v) is 9.11. The second-order valence-corrected chi connectivity index (χ2v) is 7.31. The molecule has 2 N–H and O–H groups in total. The molecule has 0 aliphatic carbocycles. The van der Waals surface area contributed by atoms with E-state index in [1.807, 2.05) is 0 Å². The lowest BCUT2D eigenvalue weighted by Gasteiger charge is -2.30. The SMILES string of the molecule is NC1=NC(c2cccc(C(F)(F)F)c2)(c2ccc(F)c(Br)c2)c2ccccc21. The second kappa shape index (κ2) is 6.44. The molecule has 0 fully saturated rings. The highest BCUT2D eigenvalue weighted by Gasteiger charge is 2.44. The number of halogens is 5. The van der Waals surface area contributed by atoms with Crippen LogP contribution < -0.4 is 5.73 Å². The van der Waals surface area contributed by atoms with E-state index in [-0.39, 0.29) is 10.3 Å². The van der Waals surface area contributed by atoms with Crippen LogP contribution in [0.2, 0.25) is 0 Å². The molecule has 1 atom stereocenters. The van der Waals surface area contributed by atoms with Crippen molar-refractivity contribution in [3.05, 3.63) is 105 Å². The molecule has 1 heterocycles. The fraction of sp³-hybridized carbons (Fsp3) is 0.0952. The van der Waals surface area contributed by atoms with Crippen molar-refractivity contribution in [2.45, 2.75) is 11.7 Å². The van der Waals surface area contributed by atoms with Crippen LogP contribution in [0, 0.1) is 5.82 Å². The quantitative estimate of drug-likeness (QED) is 0.507. The van der Waals surface area contributed by atoms with Gasteiger partial charge in [-0.2, -0.15) is 13.2 Å². The molecule has 1 unspecified atom stereocenters. The predicted molar refractivity (Wildman–Crippen MR) is 103 cm³/mol. The van der Waals surface area contributed by atoms with Crippen molar-refractivity contribution in [3.63, 3.8) is 0 Å². The van der Waals surface area contributed by atoms with Gasteiger partial charge in [0, 0.05) is 5.56 Å². The van der Waals surface area contributed by atoms with Gasteiger partial charge in [0.15, 0.2) is 0 Å². The van der Waals surface area contributed by atoms with Gasteiger partial charge in [-0.25, -0.2) is 9.38 Å². The highest BCUT2D eigenvalue weighted by atomic mass is 79.9. The van der Waals surface area contributed by atoms with E-state index in [0.717, 1.165) is 12.1 Å². The van der Waals surface area contributed by atoms with Crippen LogP contribution in [0.15, 0.2) is 76.2 Å². The largest absolute Gasteiger partial charge is 0.416 e. The van der Waals surface area contributed by atoms with Crippen LogP contribution in [0.1, 0.15) is 27.8 Å². The minimum Gasteiger partial charge on any atom is -0.383 e. The first-order valence-electron chi connectivity index (χ1n) is 8.32. The minimum absolute atomic E-state index is 0.189. The highest BCUT2D eigenvalue weighted by molar-refractivity contribution is 9.10. The van der Waals surface area contributed by atoms with E-state index in [9.17, 15) is 17.6 Å². The molecule has 1 aliphatic rings. The van der Waals surface area contributed by atoms with E-state index in [4.69, 9.17) is 5.73 Å². The van der Waals surface area contributed by atoms with E-state index in [0.29, 0.717) is 22.3 Å². The lowest BCUT2D eigenvalue weighted by molar-refractivity contribution is -0.137. The van der Waals surface area contributed by atoms with Gasteiger partial charge in [0.2, 0.25) is 0 Å². The summed E-state index contributed by atoms with van der Waals surface area (Å²) in [5, 5.41) is 0. The standard InChI is InChI=1S/C21H13BrF4N2/c22-17-11-13(8-9-18(17)23)20(12-4-3-5-14(10-12)21(24,25)26)16-7-2-1-6-15(16)19(27)28-20/h1-11H,(H2,27,28). The van der Waals surface area contributed by atoms with Crippen LogP contribution in [0.5, 0.6) is 0 Å². The molecule has 0 saturated carbocycles. The predicted octanol–water partition coefficient (Wildman–Crippen LogP) is 5.62. The molecule has 0 spiro atoms. The first kappa shape index (κ1) is 18.7. The number of amidine groups is 1. The van der Waals surface area contributed by atoms with Crippen molar-refractivity contribution < 1.29 is 17.6 Å². The lowest BCUT2D eigenvalue weighted by Crippen LogP contribution is -2.26. The minimum atomic E-state index is -4.51. The van der Waals surface area contributed by atoms with Crippen molar-refractivity contribution in [1.29, 1.82) is 0 Å². The van der Waals surface area contributed by atoms with Crippen LogP contribution in [0.4, 0.5) is 17.6 Å². The molecule has 0 amide bonds. The summed E-state index contributed by atoms with van der Waals surface area (Å²) < 4.78 is 54.1. The Morgan fingerprint density at radius 3 is 2.32 bits per heavy atom. The Balaban J connectivity index is 2.07. The number of benzene rings is 3. The van der Waals surface area contributed by atoms with Gasteiger partial charge in [-0.3, -0.25) is 0 Å². The Kier molecular flexibility index (Phi) is 4.30. The summed E-state index contributed by atoms with van der Waals surface area (Å²) in [6.07, 6.45) is -4.51. The van der Waals surface area contributed by atoms with Gasteiger partial charge in [-0.15, -0.1) is 0 Å². The summed E-state index contributed by atoms with van der Waals surface area (Å²) in [5.41, 5.74) is 6.12. The Morgan fingerprint density at radius 2 is 1.61 bits per heavy atom. The highest BCUT2D eigenvalue weighted by Crippen LogP contribution is 2.47. The number of fused-ring (bicyclic) bond motifs is 1. The summed E-state index contributed by atoms with van der Waals surface area (Å²) in [6, 6.07) is 16.4. The zero-order chi connectivity index (χ0) is 20.1. The molecule has 2 nitrogen and oxygen atoms in total. The van der Waals surface area contributed by atoms with Crippen molar-refractivity contribution in [3.8, 4) is 0 Å². The summed E-state index contributed by atoms with van der Waals surface area (Å²) >= 11 is 3.16. The topological polar surface area (TPSA) is 38.4 Å². The number of aliphatic imine (C=N–C) groups is 1. The third-order valence-electron chi connectivity index (χ3n) is 4.83. The molecule has 0 saturated heterocycles. The third-order valence-corrected chi connectivity index (χ3v) is 5.43. The second-order valence-electron chi connectivity index (χ2n) is 6.46. The van der Waals surface area contributed by atoms with Crippen molar-refractivity contribution in [2.75, 3.05) is 0 Å². The number of nitrogens with zero attached hydrogens (tertiary/aromatic N) is 1. The number of rotatable bonds is 2. The van der Waals surface area contributed by atoms with Crippen molar-refractivity contribution in [1.82, 2.24) is 0 Å². The monoisotopic (exact) mass is 448 g/mol. The normalized spacial score (nSPS) is 18.7. The maximum atomic E-state index is 13.8. The zero-order valence-electron chi connectivity index (χ0n) is 14.3. The number of nitrogens with two attached hydrogens (primary N) is 1. The molecule has 0 radical (unpaired) electrons. The molecular weight excluding hydrogens is 436 g/mol. The van der Waals surface area contributed by atoms with Gasteiger partial charge >= 0.3 is 6.18 Å². The van der Waals surface area contributed by atoms with Crippen LogP contribution in [0.3, 0.4) is 0 Å². The zero-order valence-corrected chi connectivity index (χ0v) is 15.9. The smallest absolute Gasteiger partial charge is 0.383 e. The van der Waals surface area contributed by atoms with Crippen LogP contribution in [0.25, 0.3) is 0 Å². The number of hydrogen-bond acceptors (Lipinski definition) is 2. The Hall–Kier alpha value is -2.67. The maximum absolute atomic E-state index is 13.8. The molecule has 3 aromatic carbocycles. The summed E-state index contributed by atoms with van der Waals surface area (Å²) in [7, 11) is 0. The molecule has 1 aliphatic heterocycles. The van der Waals surface area contributed by atoms with E-state index in [1.54, 1.807) is 30.3 Å². The molecule has 142 valence electrons. The van der Waals surface area contributed by atoms with Gasteiger partial charge in [0.05, 0.1) is 10.0 Å². The summed E-state index contributed by atoms with van der Waals surface area (Å²) in [6.45, 7) is 0.